The van der Waals surface area contributed by atoms with Crippen LogP contribution in [-0.2, 0) is 0 Å². The average molecular weight is 287 g/mol. The van der Waals surface area contributed by atoms with Gasteiger partial charge in [0.25, 0.3) is 0 Å². The van der Waals surface area contributed by atoms with Crippen LogP contribution in [0, 0.1) is 10.1 Å². The van der Waals surface area contributed by atoms with E-state index in [1.165, 1.54) is 0 Å². The molecule has 0 radical (unpaired) electrons. The first-order valence-corrected chi connectivity index (χ1v) is 6.42. The zero-order valence-corrected chi connectivity index (χ0v) is 12.2. The normalized spacial score (nSPS) is 10.0. The fourth-order valence-corrected chi connectivity index (χ4v) is 2.23. The zero-order valence-electron chi connectivity index (χ0n) is 12.2. The molecule has 0 aliphatic rings. The summed E-state index contributed by atoms with van der Waals surface area (Å²) in [6.07, 6.45) is 0. The topological polar surface area (TPSA) is 67.6 Å². The minimum atomic E-state index is -0.382. The molecule has 0 amide bonds. The van der Waals surface area contributed by atoms with Gasteiger partial charge >= 0.3 is 5.69 Å². The van der Waals surface area contributed by atoms with Crippen molar-refractivity contribution >= 4 is 22.7 Å². The molecule has 2 aromatic rings. The quantitative estimate of drug-likeness (QED) is 0.674. The molecule has 0 unspecified atom stereocenters. The van der Waals surface area contributed by atoms with Crippen LogP contribution in [0.25, 0.3) is 0 Å². The lowest BCUT2D eigenvalue weighted by Crippen LogP contribution is -2.13. The van der Waals surface area contributed by atoms with E-state index in [2.05, 4.69) is 5.32 Å². The fourth-order valence-electron chi connectivity index (χ4n) is 2.23. The van der Waals surface area contributed by atoms with Crippen LogP contribution in [0.5, 0.6) is 5.75 Å². The minimum absolute atomic E-state index is 0.0356. The number of rotatable bonds is 5. The van der Waals surface area contributed by atoms with Crippen LogP contribution < -0.4 is 15.0 Å². The molecule has 1 N–H and O–H groups in total. The maximum atomic E-state index is 11.4. The van der Waals surface area contributed by atoms with Crippen molar-refractivity contribution in [3.63, 3.8) is 0 Å². The van der Waals surface area contributed by atoms with Gasteiger partial charge in [0.1, 0.15) is 17.1 Å². The molecule has 6 heteroatoms. The molecule has 0 bridgehead atoms. The van der Waals surface area contributed by atoms with E-state index in [4.69, 9.17) is 4.74 Å². The SMILES string of the molecule is CNc1cccc(N(C)c2ccccc2OC)c1[N+](=O)[O-]. The highest BCUT2D eigenvalue weighted by Gasteiger charge is 2.23. The highest BCUT2D eigenvalue weighted by molar-refractivity contribution is 5.82. The van der Waals surface area contributed by atoms with Gasteiger partial charge in [0.2, 0.25) is 0 Å². The molecular weight excluding hydrogens is 270 g/mol. The Labute approximate surface area is 123 Å². The Morgan fingerprint density at radius 1 is 1.14 bits per heavy atom. The molecule has 0 aliphatic carbocycles. The summed E-state index contributed by atoms with van der Waals surface area (Å²) in [4.78, 5) is 12.8. The number of methoxy groups -OCH3 is 1. The molecular formula is C15H17N3O3. The van der Waals surface area contributed by atoms with Gasteiger partial charge in [0.15, 0.2) is 0 Å². The zero-order chi connectivity index (χ0) is 15.4. The Morgan fingerprint density at radius 3 is 2.43 bits per heavy atom. The van der Waals surface area contributed by atoms with Crippen molar-refractivity contribution in [2.45, 2.75) is 0 Å². The standard InChI is InChI=1S/C15H17N3O3/c1-16-11-7-6-9-13(15(11)18(19)20)17(2)12-8-4-5-10-14(12)21-3/h4-10,16H,1-3H3. The van der Waals surface area contributed by atoms with Crippen molar-refractivity contribution < 1.29 is 9.66 Å². The van der Waals surface area contributed by atoms with Crippen molar-refractivity contribution in [3.8, 4) is 5.75 Å². The smallest absolute Gasteiger partial charge is 0.315 e. The number of anilines is 3. The molecule has 2 rings (SSSR count). The van der Waals surface area contributed by atoms with Crippen molar-refractivity contribution in [1.82, 2.24) is 0 Å². The number of hydrogen-bond donors (Lipinski definition) is 1. The molecule has 0 atom stereocenters. The second-order valence-corrected chi connectivity index (χ2v) is 4.41. The second-order valence-electron chi connectivity index (χ2n) is 4.41. The highest BCUT2D eigenvalue weighted by Crippen LogP contribution is 2.40. The summed E-state index contributed by atoms with van der Waals surface area (Å²) in [5.41, 5.74) is 1.76. The molecule has 0 aromatic heterocycles. The van der Waals surface area contributed by atoms with Crippen LogP contribution in [0.4, 0.5) is 22.7 Å². The van der Waals surface area contributed by atoms with Crippen LogP contribution in [0.3, 0.4) is 0 Å². The summed E-state index contributed by atoms with van der Waals surface area (Å²) in [6, 6.07) is 12.6. The van der Waals surface area contributed by atoms with Crippen LogP contribution >= 0.6 is 0 Å². The number of benzene rings is 2. The maximum absolute atomic E-state index is 11.4. The maximum Gasteiger partial charge on any atom is 0.315 e. The Hall–Kier alpha value is -2.76. The van der Waals surface area contributed by atoms with Crippen LogP contribution in [-0.4, -0.2) is 26.1 Å². The third-order valence-corrected chi connectivity index (χ3v) is 3.27. The number of nitro benzene ring substituents is 1. The molecule has 0 saturated carbocycles. The van der Waals surface area contributed by atoms with E-state index in [0.717, 1.165) is 5.69 Å². The third kappa shape index (κ3) is 2.74. The summed E-state index contributed by atoms with van der Waals surface area (Å²) < 4.78 is 5.32. The van der Waals surface area contributed by atoms with Gasteiger partial charge in [-0.15, -0.1) is 0 Å². The Kier molecular flexibility index (Phi) is 4.27. The molecule has 2 aromatic carbocycles. The van der Waals surface area contributed by atoms with E-state index in [-0.39, 0.29) is 10.6 Å². The lowest BCUT2D eigenvalue weighted by atomic mass is 10.2. The predicted molar refractivity (Wildman–Crippen MR) is 83.7 cm³/mol. The van der Waals surface area contributed by atoms with Gasteiger partial charge < -0.3 is 15.0 Å². The summed E-state index contributed by atoms with van der Waals surface area (Å²) >= 11 is 0. The van der Waals surface area contributed by atoms with E-state index in [9.17, 15) is 10.1 Å². The van der Waals surface area contributed by atoms with E-state index >= 15 is 0 Å². The number of para-hydroxylation sites is 3. The van der Waals surface area contributed by atoms with Gasteiger partial charge in [-0.05, 0) is 24.3 Å². The largest absolute Gasteiger partial charge is 0.495 e. The number of hydrogen-bond acceptors (Lipinski definition) is 5. The molecule has 6 nitrogen and oxygen atoms in total. The Morgan fingerprint density at radius 2 is 1.81 bits per heavy atom. The van der Waals surface area contributed by atoms with E-state index < -0.39 is 0 Å². The van der Waals surface area contributed by atoms with Crippen molar-refractivity contribution in [2.75, 3.05) is 31.4 Å². The fraction of sp³-hybridized carbons (Fsp3) is 0.200. The molecule has 0 fully saturated rings. The molecule has 110 valence electrons. The Balaban J connectivity index is 2.58. The minimum Gasteiger partial charge on any atom is -0.495 e. The molecule has 0 spiro atoms. The van der Waals surface area contributed by atoms with Gasteiger partial charge in [0, 0.05) is 14.1 Å². The first kappa shape index (κ1) is 14.6. The van der Waals surface area contributed by atoms with E-state index in [0.29, 0.717) is 17.1 Å². The van der Waals surface area contributed by atoms with Crippen LogP contribution in [0.1, 0.15) is 0 Å². The summed E-state index contributed by atoms with van der Waals surface area (Å²) in [5, 5.41) is 14.3. The Bertz CT molecular complexity index is 658. The number of nitro groups is 1. The van der Waals surface area contributed by atoms with Gasteiger partial charge in [-0.1, -0.05) is 18.2 Å². The molecule has 0 heterocycles. The average Bonchev–Trinajstić information content (AvgIpc) is 2.53. The summed E-state index contributed by atoms with van der Waals surface area (Å²) in [5.74, 6) is 0.657. The summed E-state index contributed by atoms with van der Waals surface area (Å²) in [7, 11) is 5.01. The van der Waals surface area contributed by atoms with Gasteiger partial charge in [-0.25, -0.2) is 0 Å². The van der Waals surface area contributed by atoms with Crippen LogP contribution in [0.2, 0.25) is 0 Å². The van der Waals surface area contributed by atoms with Crippen LogP contribution in [0.15, 0.2) is 42.5 Å². The van der Waals surface area contributed by atoms with E-state index in [1.807, 2.05) is 24.3 Å². The monoisotopic (exact) mass is 287 g/mol. The number of nitrogens with one attached hydrogen (secondary N) is 1. The first-order chi connectivity index (χ1) is 10.1. The predicted octanol–water partition coefficient (Wildman–Crippen LogP) is 3.41. The lowest BCUT2D eigenvalue weighted by Gasteiger charge is -2.22. The van der Waals surface area contributed by atoms with Crippen molar-refractivity contribution in [1.29, 1.82) is 0 Å². The molecule has 21 heavy (non-hydrogen) atoms. The van der Waals surface area contributed by atoms with Crippen molar-refractivity contribution in [2.24, 2.45) is 0 Å². The first-order valence-electron chi connectivity index (χ1n) is 6.42. The van der Waals surface area contributed by atoms with Gasteiger partial charge in [-0.3, -0.25) is 10.1 Å². The highest BCUT2D eigenvalue weighted by atomic mass is 16.6. The lowest BCUT2D eigenvalue weighted by molar-refractivity contribution is -0.383. The van der Waals surface area contributed by atoms with Gasteiger partial charge in [0.05, 0.1) is 17.7 Å². The molecule has 0 saturated heterocycles. The summed E-state index contributed by atoms with van der Waals surface area (Å²) in [6.45, 7) is 0. The second kappa shape index (κ2) is 6.13. The number of nitrogens with zero attached hydrogens (tertiary/aromatic N) is 2. The van der Waals surface area contributed by atoms with Gasteiger partial charge in [-0.2, -0.15) is 0 Å². The third-order valence-electron chi connectivity index (χ3n) is 3.27. The van der Waals surface area contributed by atoms with Crippen molar-refractivity contribution in [3.05, 3.63) is 52.6 Å². The number of ether oxygens (including phenoxy) is 1. The van der Waals surface area contributed by atoms with E-state index in [1.54, 1.807) is 44.3 Å². The molecule has 0 aliphatic heterocycles.